The van der Waals surface area contributed by atoms with Crippen LogP contribution in [0, 0.1) is 11.7 Å². The van der Waals surface area contributed by atoms with Gasteiger partial charge in [-0.15, -0.1) is 0 Å². The molecule has 0 saturated carbocycles. The number of hydrogen-bond donors (Lipinski definition) is 1. The molecular formula is C18H14Br2FN. The van der Waals surface area contributed by atoms with Crippen molar-refractivity contribution in [3.05, 3.63) is 74.4 Å². The second kappa shape index (κ2) is 5.50. The van der Waals surface area contributed by atoms with Gasteiger partial charge in [0.25, 0.3) is 0 Å². The van der Waals surface area contributed by atoms with Gasteiger partial charge in [0.15, 0.2) is 0 Å². The summed E-state index contributed by atoms with van der Waals surface area (Å²) in [7, 11) is 0. The van der Waals surface area contributed by atoms with Crippen LogP contribution in [0.3, 0.4) is 0 Å². The Labute approximate surface area is 145 Å². The third kappa shape index (κ3) is 2.33. The molecule has 0 radical (unpaired) electrons. The lowest BCUT2D eigenvalue weighted by Gasteiger charge is -2.37. The van der Waals surface area contributed by atoms with Gasteiger partial charge < -0.3 is 5.32 Å². The first-order chi connectivity index (χ1) is 10.6. The van der Waals surface area contributed by atoms with Crippen LogP contribution in [-0.2, 0) is 0 Å². The van der Waals surface area contributed by atoms with Crippen LogP contribution < -0.4 is 5.32 Å². The van der Waals surface area contributed by atoms with Crippen LogP contribution in [0.25, 0.3) is 0 Å². The molecular weight excluding hydrogens is 409 g/mol. The van der Waals surface area contributed by atoms with E-state index in [9.17, 15) is 4.39 Å². The molecule has 1 N–H and O–H groups in total. The first-order valence-electron chi connectivity index (χ1n) is 7.31. The maximum Gasteiger partial charge on any atom is 0.147 e. The van der Waals surface area contributed by atoms with Gasteiger partial charge >= 0.3 is 0 Å². The van der Waals surface area contributed by atoms with Crippen molar-refractivity contribution in [2.45, 2.75) is 18.4 Å². The highest BCUT2D eigenvalue weighted by molar-refractivity contribution is 9.10. The van der Waals surface area contributed by atoms with Crippen LogP contribution in [0.2, 0.25) is 0 Å². The Kier molecular flexibility index (Phi) is 3.61. The minimum absolute atomic E-state index is 0.135. The number of anilines is 1. The highest BCUT2D eigenvalue weighted by atomic mass is 79.9. The van der Waals surface area contributed by atoms with E-state index < -0.39 is 0 Å². The van der Waals surface area contributed by atoms with Gasteiger partial charge in [-0.05, 0) is 47.7 Å². The second-order valence-corrected chi connectivity index (χ2v) is 7.71. The molecule has 0 spiro atoms. The van der Waals surface area contributed by atoms with Crippen LogP contribution >= 0.6 is 31.9 Å². The third-order valence-electron chi connectivity index (χ3n) is 4.61. The maximum absolute atomic E-state index is 14.4. The summed E-state index contributed by atoms with van der Waals surface area (Å²) in [6.07, 6.45) is 5.46. The van der Waals surface area contributed by atoms with Crippen molar-refractivity contribution >= 4 is 37.5 Å². The van der Waals surface area contributed by atoms with E-state index in [-0.39, 0.29) is 17.8 Å². The van der Waals surface area contributed by atoms with Gasteiger partial charge in [0.1, 0.15) is 5.82 Å². The number of benzene rings is 2. The van der Waals surface area contributed by atoms with Crippen LogP contribution in [0.1, 0.15) is 29.5 Å². The number of fused-ring (bicyclic) bond motifs is 3. The summed E-state index contributed by atoms with van der Waals surface area (Å²) >= 11 is 6.88. The predicted molar refractivity (Wildman–Crippen MR) is 94.6 cm³/mol. The van der Waals surface area contributed by atoms with E-state index in [4.69, 9.17) is 0 Å². The second-order valence-electron chi connectivity index (χ2n) is 5.88. The Hall–Kier alpha value is -1.13. The smallest absolute Gasteiger partial charge is 0.147 e. The first kappa shape index (κ1) is 14.5. The van der Waals surface area contributed by atoms with E-state index in [1.54, 1.807) is 0 Å². The Bertz CT molecular complexity index is 754. The summed E-state index contributed by atoms with van der Waals surface area (Å²) in [4.78, 5) is 0. The zero-order valence-corrected chi connectivity index (χ0v) is 14.9. The van der Waals surface area contributed by atoms with Gasteiger partial charge in [0.05, 0.1) is 11.7 Å². The molecule has 112 valence electrons. The highest BCUT2D eigenvalue weighted by Crippen LogP contribution is 2.51. The summed E-state index contributed by atoms with van der Waals surface area (Å²) in [5.41, 5.74) is 2.90. The number of halogens is 3. The normalized spacial score (nSPS) is 25.5. The molecule has 1 aliphatic heterocycles. The molecule has 3 atom stereocenters. The van der Waals surface area contributed by atoms with Crippen molar-refractivity contribution in [1.29, 1.82) is 0 Å². The van der Waals surface area contributed by atoms with Gasteiger partial charge in [-0.2, -0.15) is 0 Å². The van der Waals surface area contributed by atoms with Crippen molar-refractivity contribution in [2.75, 3.05) is 5.32 Å². The largest absolute Gasteiger partial charge is 0.375 e. The van der Waals surface area contributed by atoms with Gasteiger partial charge in [0, 0.05) is 14.9 Å². The molecule has 0 fully saturated rings. The van der Waals surface area contributed by atoms with E-state index >= 15 is 0 Å². The lowest BCUT2D eigenvalue weighted by atomic mass is 9.77. The molecule has 2 aromatic rings. The molecule has 1 heterocycles. The van der Waals surface area contributed by atoms with Gasteiger partial charge in [-0.3, -0.25) is 0 Å². The van der Waals surface area contributed by atoms with E-state index in [0.717, 1.165) is 20.9 Å². The Balaban J connectivity index is 1.82. The average Bonchev–Trinajstić information content (AvgIpc) is 2.97. The van der Waals surface area contributed by atoms with E-state index in [2.05, 4.69) is 61.5 Å². The molecule has 4 heteroatoms. The zero-order chi connectivity index (χ0) is 15.3. The average molecular weight is 423 g/mol. The molecule has 2 aromatic carbocycles. The molecule has 4 rings (SSSR count). The summed E-state index contributed by atoms with van der Waals surface area (Å²) in [5, 5.41) is 3.45. The molecule has 2 aliphatic rings. The molecule has 22 heavy (non-hydrogen) atoms. The number of nitrogens with one attached hydrogen (secondary N) is 1. The molecule has 0 bridgehead atoms. The molecule has 1 aliphatic carbocycles. The zero-order valence-electron chi connectivity index (χ0n) is 11.7. The fraction of sp³-hybridized carbons (Fsp3) is 0.222. The molecule has 0 unspecified atom stereocenters. The number of hydrogen-bond acceptors (Lipinski definition) is 1. The Morgan fingerprint density at radius 1 is 1.05 bits per heavy atom. The lowest BCUT2D eigenvalue weighted by molar-refractivity contribution is 0.420. The van der Waals surface area contributed by atoms with Crippen molar-refractivity contribution in [3.63, 3.8) is 0 Å². The van der Waals surface area contributed by atoms with E-state index in [0.29, 0.717) is 11.6 Å². The predicted octanol–water partition coefficient (Wildman–Crippen LogP) is 6.18. The number of allylic oxidation sites excluding steroid dienone is 2. The quantitative estimate of drug-likeness (QED) is 0.541. The van der Waals surface area contributed by atoms with Gasteiger partial charge in [0.2, 0.25) is 0 Å². The van der Waals surface area contributed by atoms with Crippen molar-refractivity contribution in [3.8, 4) is 0 Å². The topological polar surface area (TPSA) is 12.0 Å². The van der Waals surface area contributed by atoms with Crippen molar-refractivity contribution in [2.24, 2.45) is 5.92 Å². The minimum Gasteiger partial charge on any atom is -0.375 e. The van der Waals surface area contributed by atoms with Crippen molar-refractivity contribution < 1.29 is 4.39 Å². The fourth-order valence-electron chi connectivity index (χ4n) is 3.62. The Morgan fingerprint density at radius 2 is 1.82 bits per heavy atom. The SMILES string of the molecule is Fc1cc(Br)cc2c1N[C@H](c1ccc(Br)cc1)[C@H]1CC=C[C@H]21. The molecule has 1 nitrogen and oxygen atoms in total. The monoisotopic (exact) mass is 421 g/mol. The third-order valence-corrected chi connectivity index (χ3v) is 5.60. The molecule has 0 amide bonds. The minimum atomic E-state index is -0.190. The number of rotatable bonds is 1. The van der Waals surface area contributed by atoms with E-state index in [1.165, 1.54) is 11.6 Å². The van der Waals surface area contributed by atoms with Crippen molar-refractivity contribution in [1.82, 2.24) is 0 Å². The van der Waals surface area contributed by atoms with Crippen LogP contribution in [0.4, 0.5) is 10.1 Å². The standard InChI is InChI=1S/C18H14Br2FN/c19-11-6-4-10(5-7-11)17-14-3-1-2-13(14)15-8-12(20)9-16(21)18(15)22-17/h1-2,4-9,13-14,17,22H,3H2/t13-,14-,17+/m0/s1. The first-order valence-corrected chi connectivity index (χ1v) is 8.89. The summed E-state index contributed by atoms with van der Waals surface area (Å²) in [6.45, 7) is 0. The highest BCUT2D eigenvalue weighted by Gasteiger charge is 2.39. The van der Waals surface area contributed by atoms with Gasteiger partial charge in [-0.1, -0.05) is 56.1 Å². The van der Waals surface area contributed by atoms with Gasteiger partial charge in [-0.25, -0.2) is 4.39 Å². The fourth-order valence-corrected chi connectivity index (χ4v) is 4.33. The summed E-state index contributed by atoms with van der Waals surface area (Å²) in [6, 6.07) is 12.0. The Morgan fingerprint density at radius 3 is 2.59 bits per heavy atom. The molecule has 0 aromatic heterocycles. The maximum atomic E-state index is 14.4. The summed E-state index contributed by atoms with van der Waals surface area (Å²) in [5.74, 6) is 0.518. The van der Waals surface area contributed by atoms with Crippen LogP contribution in [0.5, 0.6) is 0 Å². The van der Waals surface area contributed by atoms with Crippen LogP contribution in [0.15, 0.2) is 57.5 Å². The summed E-state index contributed by atoms with van der Waals surface area (Å²) < 4.78 is 16.3. The molecule has 0 saturated heterocycles. The van der Waals surface area contributed by atoms with E-state index in [1.807, 2.05) is 18.2 Å². The lowest BCUT2D eigenvalue weighted by Crippen LogP contribution is -2.29. The van der Waals surface area contributed by atoms with Crippen LogP contribution in [-0.4, -0.2) is 0 Å².